The highest BCUT2D eigenvalue weighted by Gasteiger charge is 2.40. The monoisotopic (exact) mass is 360 g/mol. The van der Waals surface area contributed by atoms with Gasteiger partial charge >= 0.3 is 0 Å². The third kappa shape index (κ3) is 2.62. The second-order valence-electron chi connectivity index (χ2n) is 7.23. The molecule has 3 aromatic heterocycles. The van der Waals surface area contributed by atoms with E-state index in [1.54, 1.807) is 12.5 Å². The van der Waals surface area contributed by atoms with Crippen molar-refractivity contribution < 1.29 is 0 Å². The molecule has 3 aromatic rings. The molecule has 1 aliphatic heterocycles. The summed E-state index contributed by atoms with van der Waals surface area (Å²) in [7, 11) is 0. The number of nitrogens with zero attached hydrogens (tertiary/aromatic N) is 6. The standard InChI is InChI=1S/C19H20N8/c20-11-19(2-1-3-19)16-8-13-15(10-22-16)25-26-18(13)14-9-17(24-12-23-14)27-6-4-21-5-7-27/h8-10,12,21H,1-7H2,(H,25,26). The van der Waals surface area contributed by atoms with Gasteiger partial charge in [-0.1, -0.05) is 0 Å². The minimum absolute atomic E-state index is 0.444. The lowest BCUT2D eigenvalue weighted by Gasteiger charge is -2.34. The van der Waals surface area contributed by atoms with Crippen molar-refractivity contribution in [1.82, 2.24) is 30.5 Å². The minimum atomic E-state index is -0.444. The molecule has 1 saturated heterocycles. The summed E-state index contributed by atoms with van der Waals surface area (Å²) in [5, 5.41) is 21.5. The summed E-state index contributed by atoms with van der Waals surface area (Å²) in [6, 6.07) is 6.46. The zero-order chi connectivity index (χ0) is 18.3. The van der Waals surface area contributed by atoms with Gasteiger partial charge in [-0.25, -0.2) is 9.97 Å². The summed E-state index contributed by atoms with van der Waals surface area (Å²) in [5.74, 6) is 0.916. The lowest BCUT2D eigenvalue weighted by Crippen LogP contribution is -2.43. The van der Waals surface area contributed by atoms with E-state index in [1.165, 1.54) is 0 Å². The number of pyridine rings is 1. The van der Waals surface area contributed by atoms with Gasteiger partial charge in [0.2, 0.25) is 0 Å². The Morgan fingerprint density at radius 3 is 2.70 bits per heavy atom. The number of H-pyrrole nitrogens is 1. The molecule has 8 nitrogen and oxygen atoms in total. The van der Waals surface area contributed by atoms with E-state index in [0.717, 1.165) is 79.2 Å². The Morgan fingerprint density at radius 2 is 1.96 bits per heavy atom. The van der Waals surface area contributed by atoms with Crippen LogP contribution >= 0.6 is 0 Å². The van der Waals surface area contributed by atoms with Gasteiger partial charge in [0, 0.05) is 37.6 Å². The summed E-state index contributed by atoms with van der Waals surface area (Å²) in [6.45, 7) is 3.76. The van der Waals surface area contributed by atoms with Crippen LogP contribution in [0.15, 0.2) is 24.7 Å². The van der Waals surface area contributed by atoms with Crippen LogP contribution in [-0.2, 0) is 5.41 Å². The SMILES string of the molecule is N#CC1(c2cc3c(-c4cc(N5CCNCC5)ncn4)n[nH]c3cn2)CCC1. The van der Waals surface area contributed by atoms with E-state index < -0.39 is 5.41 Å². The molecule has 0 bridgehead atoms. The highest BCUT2D eigenvalue weighted by Crippen LogP contribution is 2.43. The summed E-state index contributed by atoms with van der Waals surface area (Å²) in [4.78, 5) is 15.7. The van der Waals surface area contributed by atoms with Gasteiger partial charge in [-0.15, -0.1) is 0 Å². The van der Waals surface area contributed by atoms with E-state index in [-0.39, 0.29) is 0 Å². The molecule has 4 heterocycles. The molecule has 27 heavy (non-hydrogen) atoms. The zero-order valence-corrected chi connectivity index (χ0v) is 14.9. The Morgan fingerprint density at radius 1 is 1.11 bits per heavy atom. The first-order valence-electron chi connectivity index (χ1n) is 9.33. The number of aromatic nitrogens is 5. The lowest BCUT2D eigenvalue weighted by atomic mass is 9.67. The maximum atomic E-state index is 9.63. The van der Waals surface area contributed by atoms with Crippen LogP contribution in [0, 0.1) is 11.3 Å². The summed E-state index contributed by atoms with van der Waals surface area (Å²) in [6.07, 6.45) is 6.19. The first-order valence-corrected chi connectivity index (χ1v) is 9.33. The van der Waals surface area contributed by atoms with Gasteiger partial charge in [0.15, 0.2) is 0 Å². The first kappa shape index (κ1) is 16.1. The van der Waals surface area contributed by atoms with Crippen molar-refractivity contribution in [2.24, 2.45) is 0 Å². The van der Waals surface area contributed by atoms with Crippen LogP contribution in [0.3, 0.4) is 0 Å². The van der Waals surface area contributed by atoms with Crippen molar-refractivity contribution in [3.63, 3.8) is 0 Å². The predicted molar refractivity (Wildman–Crippen MR) is 101 cm³/mol. The molecule has 1 aliphatic carbocycles. The van der Waals surface area contributed by atoms with Gasteiger partial charge in [0.05, 0.1) is 34.6 Å². The summed E-state index contributed by atoms with van der Waals surface area (Å²) < 4.78 is 0. The van der Waals surface area contributed by atoms with E-state index in [4.69, 9.17) is 0 Å². The molecule has 0 unspecified atom stereocenters. The second-order valence-corrected chi connectivity index (χ2v) is 7.23. The number of anilines is 1. The number of piperazine rings is 1. The molecule has 2 aliphatic rings. The van der Waals surface area contributed by atoms with Crippen LogP contribution < -0.4 is 10.2 Å². The van der Waals surface area contributed by atoms with Gasteiger partial charge in [-0.3, -0.25) is 10.1 Å². The molecule has 136 valence electrons. The summed E-state index contributed by atoms with van der Waals surface area (Å²) >= 11 is 0. The Hall–Kier alpha value is -3.05. The van der Waals surface area contributed by atoms with E-state index in [9.17, 15) is 5.26 Å². The Labute approximate surface area is 156 Å². The topological polar surface area (TPSA) is 106 Å². The summed E-state index contributed by atoms with van der Waals surface area (Å²) in [5.41, 5.74) is 2.80. The molecule has 2 fully saturated rings. The highest BCUT2D eigenvalue weighted by atomic mass is 15.2. The first-order chi connectivity index (χ1) is 13.3. The largest absolute Gasteiger partial charge is 0.354 e. The number of aromatic amines is 1. The van der Waals surface area contributed by atoms with Gasteiger partial charge < -0.3 is 10.2 Å². The molecule has 0 radical (unpaired) electrons. The number of fused-ring (bicyclic) bond motifs is 1. The fourth-order valence-corrected chi connectivity index (χ4v) is 3.87. The smallest absolute Gasteiger partial charge is 0.132 e. The molecule has 1 saturated carbocycles. The molecule has 0 aromatic carbocycles. The van der Waals surface area contributed by atoms with Crippen molar-refractivity contribution in [3.05, 3.63) is 30.4 Å². The quantitative estimate of drug-likeness (QED) is 0.733. The number of rotatable bonds is 3. The molecule has 8 heteroatoms. The molecule has 0 atom stereocenters. The van der Waals surface area contributed by atoms with Crippen molar-refractivity contribution in [1.29, 1.82) is 5.26 Å². The van der Waals surface area contributed by atoms with Crippen molar-refractivity contribution in [2.45, 2.75) is 24.7 Å². The lowest BCUT2D eigenvalue weighted by molar-refractivity contribution is 0.316. The molecule has 0 spiro atoms. The van der Waals surface area contributed by atoms with Gasteiger partial charge in [-0.05, 0) is 25.3 Å². The number of hydrogen-bond acceptors (Lipinski definition) is 7. The van der Waals surface area contributed by atoms with Crippen LogP contribution in [-0.4, -0.2) is 51.3 Å². The third-order valence-corrected chi connectivity index (χ3v) is 5.69. The average Bonchev–Trinajstić information content (AvgIpc) is 3.12. The van der Waals surface area contributed by atoms with E-state index >= 15 is 0 Å². The predicted octanol–water partition coefficient (Wildman–Crippen LogP) is 1.77. The van der Waals surface area contributed by atoms with Crippen molar-refractivity contribution >= 4 is 16.7 Å². The number of hydrogen-bond donors (Lipinski definition) is 2. The fourth-order valence-electron chi connectivity index (χ4n) is 3.87. The highest BCUT2D eigenvalue weighted by molar-refractivity contribution is 5.92. The second kappa shape index (κ2) is 6.28. The van der Waals surface area contributed by atoms with E-state index in [0.29, 0.717) is 0 Å². The minimum Gasteiger partial charge on any atom is -0.354 e. The molecule has 2 N–H and O–H groups in total. The van der Waals surface area contributed by atoms with Crippen LogP contribution in [0.1, 0.15) is 25.0 Å². The number of nitrogens with one attached hydrogen (secondary N) is 2. The third-order valence-electron chi connectivity index (χ3n) is 5.69. The molecular formula is C19H20N8. The maximum absolute atomic E-state index is 9.63. The Kier molecular flexibility index (Phi) is 3.76. The van der Waals surface area contributed by atoms with Gasteiger partial charge in [-0.2, -0.15) is 10.4 Å². The van der Waals surface area contributed by atoms with E-state index in [1.807, 2.05) is 12.1 Å². The average molecular weight is 360 g/mol. The molecular weight excluding hydrogens is 340 g/mol. The maximum Gasteiger partial charge on any atom is 0.132 e. The zero-order valence-electron chi connectivity index (χ0n) is 14.9. The Bertz CT molecular complexity index is 1020. The fraction of sp³-hybridized carbons (Fsp3) is 0.421. The van der Waals surface area contributed by atoms with Gasteiger partial charge in [0.1, 0.15) is 17.8 Å². The molecule has 0 amide bonds. The normalized spacial score (nSPS) is 18.9. The Balaban J connectivity index is 1.56. The van der Waals surface area contributed by atoms with Crippen molar-refractivity contribution in [3.8, 4) is 17.5 Å². The van der Waals surface area contributed by atoms with Crippen LogP contribution in [0.4, 0.5) is 5.82 Å². The van der Waals surface area contributed by atoms with Gasteiger partial charge in [0.25, 0.3) is 0 Å². The molecule has 5 rings (SSSR count). The van der Waals surface area contributed by atoms with Crippen LogP contribution in [0.2, 0.25) is 0 Å². The number of nitriles is 1. The van der Waals surface area contributed by atoms with E-state index in [2.05, 4.69) is 41.4 Å². The van der Waals surface area contributed by atoms with Crippen LogP contribution in [0.5, 0.6) is 0 Å². The van der Waals surface area contributed by atoms with Crippen LogP contribution in [0.25, 0.3) is 22.3 Å². The van der Waals surface area contributed by atoms with Crippen molar-refractivity contribution in [2.75, 3.05) is 31.1 Å².